The third-order valence-electron chi connectivity index (χ3n) is 5.43. The molecule has 4 nitrogen and oxygen atoms in total. The van der Waals surface area contributed by atoms with Crippen LogP contribution in [0.25, 0.3) is 11.6 Å². The Balaban J connectivity index is 1.99. The number of rotatable bonds is 4. The first-order valence-corrected chi connectivity index (χ1v) is 10.3. The highest BCUT2D eigenvalue weighted by Crippen LogP contribution is 2.40. The zero-order valence-electron chi connectivity index (χ0n) is 18.0. The normalized spacial score (nSPS) is 15.2. The molecule has 1 heterocycles. The van der Waals surface area contributed by atoms with Gasteiger partial charge in [-0.2, -0.15) is 5.26 Å². The van der Waals surface area contributed by atoms with Crippen LogP contribution < -0.4 is 10.2 Å². The molecular weight excluding hydrogens is 394 g/mol. The quantitative estimate of drug-likeness (QED) is 0.473. The maximum atomic E-state index is 12.6. The van der Waals surface area contributed by atoms with Crippen LogP contribution >= 0.6 is 11.6 Å². The fourth-order valence-corrected chi connectivity index (χ4v) is 4.24. The Labute approximate surface area is 183 Å². The van der Waals surface area contributed by atoms with E-state index in [1.165, 1.54) is 11.3 Å². The van der Waals surface area contributed by atoms with Gasteiger partial charge in [0.05, 0.1) is 5.54 Å². The maximum Gasteiger partial charge on any atom is 0.266 e. The van der Waals surface area contributed by atoms with Gasteiger partial charge in [-0.1, -0.05) is 23.7 Å². The summed E-state index contributed by atoms with van der Waals surface area (Å²) in [6.45, 7) is 11.6. The summed E-state index contributed by atoms with van der Waals surface area (Å²) in [6.07, 6.45) is 3.91. The minimum atomic E-state index is -0.458. The summed E-state index contributed by atoms with van der Waals surface area (Å²) in [5.74, 6) is -0.458. The predicted octanol–water partition coefficient (Wildman–Crippen LogP) is 6.22. The van der Waals surface area contributed by atoms with E-state index >= 15 is 0 Å². The van der Waals surface area contributed by atoms with Crippen molar-refractivity contribution in [3.8, 4) is 6.07 Å². The number of hydrogen-bond donors (Lipinski definition) is 1. The lowest BCUT2D eigenvalue weighted by molar-refractivity contribution is -0.112. The van der Waals surface area contributed by atoms with Crippen molar-refractivity contribution in [3.05, 3.63) is 69.8 Å². The molecule has 0 unspecified atom stereocenters. The first kappa shape index (κ1) is 21.7. The Morgan fingerprint density at radius 2 is 2.00 bits per heavy atom. The van der Waals surface area contributed by atoms with Gasteiger partial charge in [-0.15, -0.1) is 0 Å². The van der Waals surface area contributed by atoms with Crippen LogP contribution in [-0.2, 0) is 4.79 Å². The van der Waals surface area contributed by atoms with Gasteiger partial charge in [-0.05, 0) is 87.7 Å². The molecule has 0 saturated heterocycles. The average Bonchev–Trinajstić information content (AvgIpc) is 2.66. The van der Waals surface area contributed by atoms with Crippen molar-refractivity contribution in [1.82, 2.24) is 0 Å². The van der Waals surface area contributed by atoms with Crippen LogP contribution in [0.15, 0.2) is 48.0 Å². The third-order valence-corrected chi connectivity index (χ3v) is 5.66. The molecule has 3 rings (SSSR count). The standard InChI is InChI=1S/C25H26ClN3O/c1-6-29-23-10-16(2)18(12-22(23)17(3)14-25(29,4)5)11-19(15-27)24(30)28-21-9-7-8-20(26)13-21/h7-14H,6H2,1-5H3,(H,28,30)/b19-11-. The minimum absolute atomic E-state index is 0.0446. The molecule has 1 aliphatic rings. The van der Waals surface area contributed by atoms with Crippen LogP contribution in [0.4, 0.5) is 11.4 Å². The summed E-state index contributed by atoms with van der Waals surface area (Å²) < 4.78 is 0. The van der Waals surface area contributed by atoms with Gasteiger partial charge in [0, 0.05) is 28.5 Å². The maximum absolute atomic E-state index is 12.6. The van der Waals surface area contributed by atoms with Crippen LogP contribution in [0.2, 0.25) is 5.02 Å². The van der Waals surface area contributed by atoms with Crippen molar-refractivity contribution in [1.29, 1.82) is 5.26 Å². The second kappa shape index (κ2) is 8.38. The number of halogens is 1. The molecular formula is C25H26ClN3O. The lowest BCUT2D eigenvalue weighted by Gasteiger charge is -2.43. The smallest absolute Gasteiger partial charge is 0.266 e. The van der Waals surface area contributed by atoms with E-state index in [0.717, 1.165) is 23.2 Å². The first-order valence-electron chi connectivity index (χ1n) is 9.97. The zero-order valence-corrected chi connectivity index (χ0v) is 18.8. The Bertz CT molecular complexity index is 1110. The number of carbonyl (C=O) groups excluding carboxylic acids is 1. The lowest BCUT2D eigenvalue weighted by Crippen LogP contribution is -2.44. The molecule has 0 radical (unpaired) electrons. The second-order valence-electron chi connectivity index (χ2n) is 8.09. The summed E-state index contributed by atoms with van der Waals surface area (Å²) in [5, 5.41) is 12.9. The number of anilines is 2. The van der Waals surface area contributed by atoms with Gasteiger partial charge in [-0.25, -0.2) is 0 Å². The second-order valence-corrected chi connectivity index (χ2v) is 8.52. The number of nitrogens with one attached hydrogen (secondary N) is 1. The van der Waals surface area contributed by atoms with Crippen molar-refractivity contribution < 1.29 is 4.79 Å². The van der Waals surface area contributed by atoms with E-state index in [1.54, 1.807) is 30.3 Å². The number of carbonyl (C=O) groups is 1. The number of hydrogen-bond acceptors (Lipinski definition) is 3. The van der Waals surface area contributed by atoms with E-state index in [-0.39, 0.29) is 11.1 Å². The largest absolute Gasteiger partial charge is 0.363 e. The van der Waals surface area contributed by atoms with Gasteiger partial charge in [0.2, 0.25) is 0 Å². The highest BCUT2D eigenvalue weighted by atomic mass is 35.5. The van der Waals surface area contributed by atoms with Crippen LogP contribution in [0.5, 0.6) is 0 Å². The van der Waals surface area contributed by atoms with Gasteiger partial charge >= 0.3 is 0 Å². The number of allylic oxidation sites excluding steroid dienone is 1. The fourth-order valence-electron chi connectivity index (χ4n) is 4.05. The number of fused-ring (bicyclic) bond motifs is 1. The molecule has 0 spiro atoms. The number of amides is 1. The van der Waals surface area contributed by atoms with E-state index in [1.807, 2.05) is 13.0 Å². The number of nitrogens with zero attached hydrogens (tertiary/aromatic N) is 2. The Morgan fingerprint density at radius 1 is 1.27 bits per heavy atom. The van der Waals surface area contributed by atoms with E-state index in [4.69, 9.17) is 11.6 Å². The first-order chi connectivity index (χ1) is 14.2. The molecule has 1 aliphatic heterocycles. The fraction of sp³-hybridized carbons (Fsp3) is 0.280. The number of likely N-dealkylation sites (N-methyl/N-ethyl adjacent to an activating group) is 1. The van der Waals surface area contributed by atoms with E-state index < -0.39 is 5.91 Å². The van der Waals surface area contributed by atoms with Crippen molar-refractivity contribution in [3.63, 3.8) is 0 Å². The van der Waals surface area contributed by atoms with Crippen LogP contribution in [0, 0.1) is 18.3 Å². The highest BCUT2D eigenvalue weighted by Gasteiger charge is 2.30. The monoisotopic (exact) mass is 419 g/mol. The summed E-state index contributed by atoms with van der Waals surface area (Å²) in [7, 11) is 0. The molecule has 0 saturated carbocycles. The van der Waals surface area contributed by atoms with E-state index in [9.17, 15) is 10.1 Å². The molecule has 0 aromatic heterocycles. The highest BCUT2D eigenvalue weighted by molar-refractivity contribution is 6.31. The summed E-state index contributed by atoms with van der Waals surface area (Å²) in [4.78, 5) is 15.0. The van der Waals surface area contributed by atoms with Gasteiger partial charge in [0.25, 0.3) is 5.91 Å². The van der Waals surface area contributed by atoms with Gasteiger partial charge in [0.15, 0.2) is 0 Å². The average molecular weight is 420 g/mol. The Hall–Kier alpha value is -3.03. The number of benzene rings is 2. The molecule has 5 heteroatoms. The number of nitriles is 1. The van der Waals surface area contributed by atoms with Crippen LogP contribution in [0.1, 0.15) is 44.4 Å². The van der Waals surface area contributed by atoms with Crippen LogP contribution in [0.3, 0.4) is 0 Å². The predicted molar refractivity (Wildman–Crippen MR) is 126 cm³/mol. The molecule has 30 heavy (non-hydrogen) atoms. The summed E-state index contributed by atoms with van der Waals surface area (Å²) in [5.41, 5.74) is 5.90. The van der Waals surface area contributed by atoms with Crippen molar-refractivity contribution in [2.75, 3.05) is 16.8 Å². The van der Waals surface area contributed by atoms with Gasteiger partial charge in [0.1, 0.15) is 11.6 Å². The molecule has 1 amide bonds. The van der Waals surface area contributed by atoms with Gasteiger partial charge in [-0.3, -0.25) is 4.79 Å². The zero-order chi connectivity index (χ0) is 22.1. The van der Waals surface area contributed by atoms with Crippen molar-refractivity contribution in [2.24, 2.45) is 0 Å². The number of aryl methyl sites for hydroxylation is 1. The van der Waals surface area contributed by atoms with E-state index in [0.29, 0.717) is 10.7 Å². The molecule has 0 fully saturated rings. The minimum Gasteiger partial charge on any atom is -0.363 e. The summed E-state index contributed by atoms with van der Waals surface area (Å²) in [6, 6.07) is 13.1. The Morgan fingerprint density at radius 3 is 2.63 bits per heavy atom. The molecule has 2 aromatic rings. The third kappa shape index (κ3) is 4.27. The SMILES string of the molecule is CCN1c2cc(C)c(/C=C(/C#N)C(=O)Nc3cccc(Cl)c3)cc2C(C)=CC1(C)C. The molecule has 154 valence electrons. The molecule has 1 N–H and O–H groups in total. The topological polar surface area (TPSA) is 56.1 Å². The molecule has 0 atom stereocenters. The molecule has 0 bridgehead atoms. The van der Waals surface area contributed by atoms with Crippen molar-refractivity contribution in [2.45, 2.75) is 40.2 Å². The van der Waals surface area contributed by atoms with Crippen molar-refractivity contribution >= 4 is 40.5 Å². The Kier molecular flexibility index (Phi) is 6.05. The lowest BCUT2D eigenvalue weighted by atomic mass is 9.86. The van der Waals surface area contributed by atoms with Crippen LogP contribution in [-0.4, -0.2) is 18.0 Å². The molecule has 0 aliphatic carbocycles. The summed E-state index contributed by atoms with van der Waals surface area (Å²) >= 11 is 5.98. The van der Waals surface area contributed by atoms with Gasteiger partial charge < -0.3 is 10.2 Å². The van der Waals surface area contributed by atoms with E-state index in [2.05, 4.69) is 56.1 Å². The molecule has 2 aromatic carbocycles.